The Morgan fingerprint density at radius 1 is 1.56 bits per heavy atom. The Labute approximate surface area is 55.9 Å². The van der Waals surface area contributed by atoms with Crippen LogP contribution in [0.25, 0.3) is 0 Å². The van der Waals surface area contributed by atoms with Crippen molar-refractivity contribution in [1.82, 2.24) is 0 Å². The molecule has 0 spiro atoms. The summed E-state index contributed by atoms with van der Waals surface area (Å²) in [4.78, 5) is 0. The molecule has 1 N–H and O–H groups in total. The van der Waals surface area contributed by atoms with E-state index in [0.717, 1.165) is 5.57 Å². The molecule has 1 heteroatoms. The van der Waals surface area contributed by atoms with Crippen molar-refractivity contribution < 1.29 is 0 Å². The standard InChI is InChI=1S/C8H11N/c1-4-5-6-8(9)7(2)3/h4-6,9H,1-2H2,3H3/b6-5-,9-8?. The van der Waals surface area contributed by atoms with Crippen molar-refractivity contribution in [2.75, 3.05) is 0 Å². The van der Waals surface area contributed by atoms with E-state index in [9.17, 15) is 0 Å². The molecule has 48 valence electrons. The van der Waals surface area contributed by atoms with Crippen molar-refractivity contribution >= 4 is 5.71 Å². The van der Waals surface area contributed by atoms with E-state index < -0.39 is 0 Å². The van der Waals surface area contributed by atoms with Gasteiger partial charge in [-0.2, -0.15) is 0 Å². The van der Waals surface area contributed by atoms with E-state index in [-0.39, 0.29) is 0 Å². The molecule has 0 bridgehead atoms. The van der Waals surface area contributed by atoms with Crippen LogP contribution in [0, 0.1) is 5.41 Å². The summed E-state index contributed by atoms with van der Waals surface area (Å²) in [5.41, 5.74) is 1.23. The minimum absolute atomic E-state index is 0.454. The highest BCUT2D eigenvalue weighted by molar-refractivity contribution is 6.05. The Hall–Kier alpha value is -1.11. The smallest absolute Gasteiger partial charge is 0.0563 e. The SMILES string of the molecule is C=C/C=C\C(=N)C(=C)C. The summed E-state index contributed by atoms with van der Waals surface area (Å²) < 4.78 is 0. The molecule has 0 aromatic heterocycles. The summed E-state index contributed by atoms with van der Waals surface area (Å²) >= 11 is 0. The lowest BCUT2D eigenvalue weighted by molar-refractivity contribution is 1.47. The van der Waals surface area contributed by atoms with Crippen LogP contribution in [0.1, 0.15) is 6.92 Å². The third-order valence-electron chi connectivity index (χ3n) is 0.859. The fourth-order valence-electron chi connectivity index (χ4n) is 0.307. The second kappa shape index (κ2) is 3.84. The first-order valence-corrected chi connectivity index (χ1v) is 2.72. The maximum absolute atomic E-state index is 7.21. The quantitative estimate of drug-likeness (QED) is 0.437. The summed E-state index contributed by atoms with van der Waals surface area (Å²) in [5.74, 6) is 0. The molecule has 0 amide bonds. The molecule has 0 aliphatic rings. The van der Waals surface area contributed by atoms with Gasteiger partial charge < -0.3 is 5.41 Å². The lowest BCUT2D eigenvalue weighted by atomic mass is 10.2. The van der Waals surface area contributed by atoms with Gasteiger partial charge in [0.05, 0.1) is 5.71 Å². The number of rotatable bonds is 3. The van der Waals surface area contributed by atoms with E-state index >= 15 is 0 Å². The van der Waals surface area contributed by atoms with Gasteiger partial charge in [-0.05, 0) is 18.6 Å². The van der Waals surface area contributed by atoms with Gasteiger partial charge in [0.2, 0.25) is 0 Å². The Morgan fingerprint density at radius 2 is 2.11 bits per heavy atom. The number of hydrogen-bond donors (Lipinski definition) is 1. The Kier molecular flexibility index (Phi) is 3.37. The molecule has 0 heterocycles. The first kappa shape index (κ1) is 7.89. The van der Waals surface area contributed by atoms with Crippen molar-refractivity contribution in [2.45, 2.75) is 6.92 Å². The van der Waals surface area contributed by atoms with Crippen LogP contribution in [0.15, 0.2) is 37.0 Å². The summed E-state index contributed by atoms with van der Waals surface area (Å²) in [6.07, 6.45) is 5.02. The van der Waals surface area contributed by atoms with Crippen LogP contribution >= 0.6 is 0 Å². The summed E-state index contributed by atoms with van der Waals surface area (Å²) in [6, 6.07) is 0. The predicted molar refractivity (Wildman–Crippen MR) is 41.9 cm³/mol. The minimum atomic E-state index is 0.454. The highest BCUT2D eigenvalue weighted by Crippen LogP contribution is 1.91. The summed E-state index contributed by atoms with van der Waals surface area (Å²) in [7, 11) is 0. The topological polar surface area (TPSA) is 23.9 Å². The third kappa shape index (κ3) is 3.47. The molecule has 0 fully saturated rings. The molecule has 0 aromatic carbocycles. The molecule has 1 nitrogen and oxygen atoms in total. The van der Waals surface area contributed by atoms with Gasteiger partial charge in [-0.1, -0.05) is 25.3 Å². The van der Waals surface area contributed by atoms with Crippen LogP contribution in [0.3, 0.4) is 0 Å². The normalized spacial score (nSPS) is 9.44. The zero-order chi connectivity index (χ0) is 7.28. The molecule has 0 saturated carbocycles. The van der Waals surface area contributed by atoms with Crippen LogP contribution in [0.4, 0.5) is 0 Å². The number of hydrogen-bond acceptors (Lipinski definition) is 1. The lowest BCUT2D eigenvalue weighted by Crippen LogP contribution is -1.88. The van der Waals surface area contributed by atoms with Crippen molar-refractivity contribution in [3.05, 3.63) is 37.0 Å². The lowest BCUT2D eigenvalue weighted by Gasteiger charge is -1.90. The second-order valence-corrected chi connectivity index (χ2v) is 1.79. The van der Waals surface area contributed by atoms with E-state index in [1.165, 1.54) is 0 Å². The zero-order valence-corrected chi connectivity index (χ0v) is 5.65. The molecule has 9 heavy (non-hydrogen) atoms. The number of nitrogens with one attached hydrogen (secondary N) is 1. The van der Waals surface area contributed by atoms with Crippen molar-refractivity contribution in [3.8, 4) is 0 Å². The van der Waals surface area contributed by atoms with Crippen LogP contribution in [0.5, 0.6) is 0 Å². The Bertz CT molecular complexity index is 163. The summed E-state index contributed by atoms with van der Waals surface area (Å²) in [6.45, 7) is 8.88. The van der Waals surface area contributed by atoms with Crippen LogP contribution in [-0.4, -0.2) is 5.71 Å². The minimum Gasteiger partial charge on any atom is -0.301 e. The zero-order valence-electron chi connectivity index (χ0n) is 5.65. The molecule has 0 aromatic rings. The Morgan fingerprint density at radius 3 is 2.44 bits per heavy atom. The maximum atomic E-state index is 7.21. The molecule has 0 saturated heterocycles. The first-order valence-electron chi connectivity index (χ1n) is 2.72. The Balaban J connectivity index is 3.92. The van der Waals surface area contributed by atoms with Gasteiger partial charge in [0.15, 0.2) is 0 Å². The van der Waals surface area contributed by atoms with Gasteiger partial charge in [-0.15, -0.1) is 0 Å². The van der Waals surface area contributed by atoms with Gasteiger partial charge >= 0.3 is 0 Å². The van der Waals surface area contributed by atoms with E-state index in [4.69, 9.17) is 5.41 Å². The maximum Gasteiger partial charge on any atom is 0.0563 e. The molecule has 0 aliphatic carbocycles. The first-order chi connectivity index (χ1) is 4.18. The average Bonchev–Trinajstić information content (AvgIpc) is 1.82. The molecule has 0 radical (unpaired) electrons. The van der Waals surface area contributed by atoms with Crippen molar-refractivity contribution in [2.24, 2.45) is 0 Å². The highest BCUT2D eigenvalue weighted by atomic mass is 14.4. The van der Waals surface area contributed by atoms with E-state index in [0.29, 0.717) is 5.71 Å². The molecular formula is C8H11N. The molecular weight excluding hydrogens is 110 g/mol. The van der Waals surface area contributed by atoms with Gasteiger partial charge in [0, 0.05) is 0 Å². The van der Waals surface area contributed by atoms with Crippen LogP contribution in [-0.2, 0) is 0 Å². The largest absolute Gasteiger partial charge is 0.301 e. The van der Waals surface area contributed by atoms with Crippen molar-refractivity contribution in [3.63, 3.8) is 0 Å². The summed E-state index contributed by atoms with van der Waals surface area (Å²) in [5, 5.41) is 7.21. The number of allylic oxidation sites excluding steroid dienone is 4. The fourth-order valence-corrected chi connectivity index (χ4v) is 0.307. The van der Waals surface area contributed by atoms with Crippen LogP contribution < -0.4 is 0 Å². The van der Waals surface area contributed by atoms with Crippen molar-refractivity contribution in [1.29, 1.82) is 5.41 Å². The molecule has 0 unspecified atom stereocenters. The third-order valence-corrected chi connectivity index (χ3v) is 0.859. The molecule has 0 rings (SSSR count). The van der Waals surface area contributed by atoms with Gasteiger partial charge in [0.1, 0.15) is 0 Å². The predicted octanol–water partition coefficient (Wildman–Crippen LogP) is 2.32. The van der Waals surface area contributed by atoms with Gasteiger partial charge in [-0.3, -0.25) is 0 Å². The molecule has 0 aliphatic heterocycles. The van der Waals surface area contributed by atoms with E-state index in [2.05, 4.69) is 13.2 Å². The second-order valence-electron chi connectivity index (χ2n) is 1.79. The highest BCUT2D eigenvalue weighted by Gasteiger charge is 1.86. The van der Waals surface area contributed by atoms with E-state index in [1.54, 1.807) is 25.2 Å². The van der Waals surface area contributed by atoms with Crippen LogP contribution in [0.2, 0.25) is 0 Å². The molecule has 0 atom stereocenters. The van der Waals surface area contributed by atoms with E-state index in [1.807, 2.05) is 0 Å². The van der Waals surface area contributed by atoms with Gasteiger partial charge in [-0.25, -0.2) is 0 Å². The van der Waals surface area contributed by atoms with Gasteiger partial charge in [0.25, 0.3) is 0 Å². The average molecular weight is 121 g/mol. The fraction of sp³-hybridized carbons (Fsp3) is 0.125. The monoisotopic (exact) mass is 121 g/mol.